The first-order valence-electron chi connectivity index (χ1n) is 8.76. The highest BCUT2D eigenvalue weighted by Gasteiger charge is 2.18. The van der Waals surface area contributed by atoms with Crippen LogP contribution in [0, 0.1) is 5.82 Å². The third-order valence-corrected chi connectivity index (χ3v) is 4.57. The van der Waals surface area contributed by atoms with Crippen LogP contribution >= 0.6 is 0 Å². The third kappa shape index (κ3) is 3.90. The molecule has 29 heavy (non-hydrogen) atoms. The van der Waals surface area contributed by atoms with E-state index < -0.39 is 17.1 Å². The van der Waals surface area contributed by atoms with E-state index in [9.17, 15) is 18.8 Å². The van der Waals surface area contributed by atoms with Crippen molar-refractivity contribution in [3.63, 3.8) is 0 Å². The second-order valence-electron chi connectivity index (χ2n) is 6.72. The van der Waals surface area contributed by atoms with Crippen molar-refractivity contribution >= 4 is 17.1 Å². The molecule has 10 nitrogen and oxygen atoms in total. The van der Waals surface area contributed by atoms with Gasteiger partial charge in [-0.25, -0.2) is 18.7 Å². The maximum absolute atomic E-state index is 13.2. The number of amides is 1. The van der Waals surface area contributed by atoms with Crippen LogP contribution in [-0.4, -0.2) is 55.3 Å². The number of halogens is 1. The van der Waals surface area contributed by atoms with Gasteiger partial charge in [-0.1, -0.05) is 0 Å². The van der Waals surface area contributed by atoms with Crippen molar-refractivity contribution in [1.29, 1.82) is 0 Å². The fourth-order valence-corrected chi connectivity index (χ4v) is 2.58. The molecule has 3 rings (SSSR count). The SMILES string of the molecule is CC(C(=O)NCc1nnc2c(n1)c(=O)n(C)c(=O)n2-c1ccc(F)cc1)N(C)C. The van der Waals surface area contributed by atoms with Crippen LogP contribution in [0.5, 0.6) is 0 Å². The van der Waals surface area contributed by atoms with Gasteiger partial charge in [0.25, 0.3) is 5.56 Å². The number of hydrogen-bond donors (Lipinski definition) is 1. The first-order valence-corrected chi connectivity index (χ1v) is 8.76. The molecule has 0 saturated heterocycles. The van der Waals surface area contributed by atoms with Crippen LogP contribution in [-0.2, 0) is 18.4 Å². The normalized spacial score (nSPS) is 12.3. The van der Waals surface area contributed by atoms with Gasteiger partial charge in [0.05, 0.1) is 18.3 Å². The average molecular weight is 401 g/mol. The Morgan fingerprint density at radius 1 is 1.21 bits per heavy atom. The molecule has 2 aromatic heterocycles. The molecule has 2 heterocycles. The van der Waals surface area contributed by atoms with E-state index in [1.54, 1.807) is 25.9 Å². The van der Waals surface area contributed by atoms with Crippen LogP contribution in [0.2, 0.25) is 0 Å². The van der Waals surface area contributed by atoms with Crippen molar-refractivity contribution in [3.05, 3.63) is 56.7 Å². The standard InChI is InChI=1S/C18H20FN7O3/c1-10(24(2)3)16(27)20-9-13-21-14-15(23-22-13)26(18(29)25(4)17(14)28)12-7-5-11(19)6-8-12/h5-8,10H,9H2,1-4H3,(H,20,27). The Kier molecular flexibility index (Phi) is 5.50. The van der Waals surface area contributed by atoms with Crippen molar-refractivity contribution in [2.24, 2.45) is 7.05 Å². The Hall–Kier alpha value is -3.47. The molecule has 11 heteroatoms. The molecule has 0 radical (unpaired) electrons. The number of carbonyl (C=O) groups is 1. The summed E-state index contributed by atoms with van der Waals surface area (Å²) in [6, 6.07) is 4.79. The number of nitrogens with zero attached hydrogens (tertiary/aromatic N) is 6. The molecule has 152 valence electrons. The Labute approximate surface area is 164 Å². The number of rotatable bonds is 5. The maximum atomic E-state index is 13.2. The Bertz CT molecular complexity index is 1190. The first kappa shape index (κ1) is 20.3. The lowest BCUT2D eigenvalue weighted by atomic mass is 10.3. The highest BCUT2D eigenvalue weighted by Crippen LogP contribution is 2.11. The summed E-state index contributed by atoms with van der Waals surface area (Å²) >= 11 is 0. The quantitative estimate of drug-likeness (QED) is 0.617. The van der Waals surface area contributed by atoms with Gasteiger partial charge >= 0.3 is 5.69 Å². The van der Waals surface area contributed by atoms with E-state index in [-0.39, 0.29) is 35.5 Å². The summed E-state index contributed by atoms with van der Waals surface area (Å²) < 4.78 is 15.3. The van der Waals surface area contributed by atoms with Crippen molar-refractivity contribution in [2.75, 3.05) is 14.1 Å². The third-order valence-electron chi connectivity index (χ3n) is 4.57. The second-order valence-corrected chi connectivity index (χ2v) is 6.72. The van der Waals surface area contributed by atoms with Gasteiger partial charge in [-0.05, 0) is 45.3 Å². The number of nitrogens with one attached hydrogen (secondary N) is 1. The summed E-state index contributed by atoms with van der Waals surface area (Å²) in [7, 11) is 4.86. The molecule has 0 aliphatic rings. The van der Waals surface area contributed by atoms with Crippen LogP contribution in [0.15, 0.2) is 33.9 Å². The summed E-state index contributed by atoms with van der Waals surface area (Å²) in [5.41, 5.74) is -1.13. The van der Waals surface area contributed by atoms with Gasteiger partial charge in [-0.2, -0.15) is 0 Å². The maximum Gasteiger partial charge on any atom is 0.337 e. The molecule has 1 unspecified atom stereocenters. The van der Waals surface area contributed by atoms with Gasteiger partial charge in [0.1, 0.15) is 5.82 Å². The van der Waals surface area contributed by atoms with Crippen LogP contribution in [0.3, 0.4) is 0 Å². The lowest BCUT2D eigenvalue weighted by molar-refractivity contribution is -0.125. The minimum Gasteiger partial charge on any atom is -0.347 e. The highest BCUT2D eigenvalue weighted by molar-refractivity contribution is 5.81. The molecule has 0 aliphatic carbocycles. The van der Waals surface area contributed by atoms with Crippen molar-refractivity contribution in [1.82, 2.24) is 34.5 Å². The summed E-state index contributed by atoms with van der Waals surface area (Å²) in [6.45, 7) is 1.71. The minimum atomic E-state index is -0.661. The van der Waals surface area contributed by atoms with Gasteiger partial charge in [-0.15, -0.1) is 10.2 Å². The molecular formula is C18H20FN7O3. The lowest BCUT2D eigenvalue weighted by Crippen LogP contribution is -2.41. The minimum absolute atomic E-state index is 0.0290. The predicted molar refractivity (Wildman–Crippen MR) is 103 cm³/mol. The summed E-state index contributed by atoms with van der Waals surface area (Å²) in [6.07, 6.45) is 0. The number of fused-ring (bicyclic) bond motifs is 1. The van der Waals surface area contributed by atoms with Gasteiger partial charge in [-0.3, -0.25) is 19.1 Å². The van der Waals surface area contributed by atoms with Crippen molar-refractivity contribution < 1.29 is 9.18 Å². The fraction of sp³-hybridized carbons (Fsp3) is 0.333. The fourth-order valence-electron chi connectivity index (χ4n) is 2.58. The van der Waals surface area contributed by atoms with Gasteiger partial charge in [0.2, 0.25) is 5.91 Å². The van der Waals surface area contributed by atoms with E-state index in [0.29, 0.717) is 5.69 Å². The zero-order chi connectivity index (χ0) is 21.3. The summed E-state index contributed by atoms with van der Waals surface area (Å²) in [5, 5.41) is 10.6. The molecule has 1 atom stereocenters. The van der Waals surface area contributed by atoms with E-state index in [0.717, 1.165) is 9.13 Å². The van der Waals surface area contributed by atoms with Crippen molar-refractivity contribution in [2.45, 2.75) is 19.5 Å². The first-order chi connectivity index (χ1) is 13.7. The largest absolute Gasteiger partial charge is 0.347 e. The molecule has 0 spiro atoms. The molecule has 1 aromatic carbocycles. The Morgan fingerprint density at radius 3 is 2.48 bits per heavy atom. The molecule has 0 saturated carbocycles. The van der Waals surface area contributed by atoms with E-state index in [4.69, 9.17) is 0 Å². The van der Waals surface area contributed by atoms with E-state index in [2.05, 4.69) is 20.5 Å². The van der Waals surface area contributed by atoms with E-state index >= 15 is 0 Å². The molecule has 1 amide bonds. The topological polar surface area (TPSA) is 115 Å². The smallest absolute Gasteiger partial charge is 0.337 e. The molecule has 3 aromatic rings. The Morgan fingerprint density at radius 2 is 1.86 bits per heavy atom. The summed E-state index contributed by atoms with van der Waals surface area (Å²) in [4.78, 5) is 43.2. The number of carbonyl (C=O) groups excluding carboxylic acids is 1. The molecule has 1 N–H and O–H groups in total. The van der Waals surface area contributed by atoms with E-state index in [1.165, 1.54) is 31.3 Å². The number of likely N-dealkylation sites (N-methyl/N-ethyl adjacent to an activating group) is 1. The number of benzene rings is 1. The van der Waals surface area contributed by atoms with Crippen LogP contribution in [0.1, 0.15) is 12.7 Å². The zero-order valence-corrected chi connectivity index (χ0v) is 16.4. The van der Waals surface area contributed by atoms with Gasteiger partial charge in [0.15, 0.2) is 17.0 Å². The predicted octanol–water partition coefficient (Wildman–Crippen LogP) is -0.420. The second kappa shape index (κ2) is 7.87. The van der Waals surface area contributed by atoms with Crippen LogP contribution in [0.25, 0.3) is 16.9 Å². The highest BCUT2D eigenvalue weighted by atomic mass is 19.1. The number of hydrogen-bond acceptors (Lipinski definition) is 7. The van der Waals surface area contributed by atoms with Gasteiger partial charge in [0, 0.05) is 7.05 Å². The molecule has 0 bridgehead atoms. The average Bonchev–Trinajstić information content (AvgIpc) is 2.71. The Balaban J connectivity index is 2.05. The van der Waals surface area contributed by atoms with Crippen LogP contribution < -0.4 is 16.6 Å². The van der Waals surface area contributed by atoms with Crippen LogP contribution in [0.4, 0.5) is 4.39 Å². The molecular weight excluding hydrogens is 381 g/mol. The van der Waals surface area contributed by atoms with E-state index in [1.807, 2.05) is 0 Å². The molecule has 0 fully saturated rings. The summed E-state index contributed by atoms with van der Waals surface area (Å²) in [5.74, 6) is -0.578. The van der Waals surface area contributed by atoms with Gasteiger partial charge < -0.3 is 5.32 Å². The zero-order valence-electron chi connectivity index (χ0n) is 16.4. The van der Waals surface area contributed by atoms with Crippen molar-refractivity contribution in [3.8, 4) is 5.69 Å². The number of aromatic nitrogens is 5. The lowest BCUT2D eigenvalue weighted by Gasteiger charge is -2.18. The monoisotopic (exact) mass is 401 g/mol. The molecule has 0 aliphatic heterocycles.